The van der Waals surface area contributed by atoms with Crippen LogP contribution >= 0.6 is 11.8 Å². The zero-order valence-corrected chi connectivity index (χ0v) is 6.27. The summed E-state index contributed by atoms with van der Waals surface area (Å²) in [6, 6.07) is 0. The van der Waals surface area contributed by atoms with Gasteiger partial charge in [-0.2, -0.15) is 0 Å². The number of thioether (sulfide) groups is 1. The van der Waals surface area contributed by atoms with Gasteiger partial charge >= 0.3 is 0 Å². The zero-order valence-electron chi connectivity index (χ0n) is 4.29. The second-order valence-corrected chi connectivity index (χ2v) is 4.96. The Balaban J connectivity index is 2.49. The molecule has 0 amide bonds. The van der Waals surface area contributed by atoms with Crippen LogP contribution in [0.4, 0.5) is 0 Å². The molecule has 7 heavy (non-hydrogen) atoms. The van der Waals surface area contributed by atoms with E-state index in [-0.39, 0.29) is 0 Å². The van der Waals surface area contributed by atoms with Crippen molar-refractivity contribution in [2.24, 2.45) is 0 Å². The minimum Gasteiger partial charge on any atom is -0.108 e. The molecule has 2 heteroatoms. The van der Waals surface area contributed by atoms with E-state index in [4.69, 9.17) is 0 Å². The standard InChI is InChI=1S/C5H8SSi/c1-7-4-2-6-3-5-7/h2-5,7H,1H3. The predicted molar refractivity (Wildman–Crippen MR) is 38.9 cm³/mol. The molecular weight excluding hydrogens is 120 g/mol. The van der Waals surface area contributed by atoms with Crippen molar-refractivity contribution in [3.63, 3.8) is 0 Å². The summed E-state index contributed by atoms with van der Waals surface area (Å²) in [6.07, 6.45) is 0. The van der Waals surface area contributed by atoms with E-state index in [1.165, 1.54) is 0 Å². The molecule has 0 fully saturated rings. The molecule has 0 spiro atoms. The molecule has 0 atom stereocenters. The van der Waals surface area contributed by atoms with Gasteiger partial charge in [0.05, 0.1) is 8.80 Å². The molecule has 0 aliphatic carbocycles. The Kier molecular flexibility index (Phi) is 1.76. The van der Waals surface area contributed by atoms with Crippen LogP contribution in [0.1, 0.15) is 0 Å². The first-order valence-electron chi connectivity index (χ1n) is 2.38. The second kappa shape index (κ2) is 2.38. The Morgan fingerprint density at radius 1 is 1.29 bits per heavy atom. The molecule has 0 aromatic rings. The highest BCUT2D eigenvalue weighted by molar-refractivity contribution is 8.05. The van der Waals surface area contributed by atoms with E-state index < -0.39 is 8.80 Å². The summed E-state index contributed by atoms with van der Waals surface area (Å²) >= 11 is 1.77. The Hall–Kier alpha value is 0.0469. The third-order valence-electron chi connectivity index (χ3n) is 0.921. The lowest BCUT2D eigenvalue weighted by atomic mass is 11.2. The van der Waals surface area contributed by atoms with E-state index in [9.17, 15) is 0 Å². The van der Waals surface area contributed by atoms with E-state index >= 15 is 0 Å². The summed E-state index contributed by atoms with van der Waals surface area (Å²) in [6.45, 7) is 2.31. The molecule has 0 saturated carbocycles. The van der Waals surface area contributed by atoms with E-state index in [1.54, 1.807) is 11.8 Å². The van der Waals surface area contributed by atoms with Gasteiger partial charge in [0.25, 0.3) is 0 Å². The van der Waals surface area contributed by atoms with E-state index in [1.807, 2.05) is 0 Å². The van der Waals surface area contributed by atoms with Crippen molar-refractivity contribution in [1.82, 2.24) is 0 Å². The molecule has 1 aliphatic rings. The van der Waals surface area contributed by atoms with Crippen molar-refractivity contribution in [2.75, 3.05) is 0 Å². The highest BCUT2D eigenvalue weighted by atomic mass is 32.2. The van der Waals surface area contributed by atoms with Crippen molar-refractivity contribution in [1.29, 1.82) is 0 Å². The van der Waals surface area contributed by atoms with Crippen LogP contribution in [0.25, 0.3) is 0 Å². The summed E-state index contributed by atoms with van der Waals surface area (Å²) in [4.78, 5) is 0. The molecule has 0 radical (unpaired) electrons. The van der Waals surface area contributed by atoms with Gasteiger partial charge in [-0.05, 0) is 10.8 Å². The molecule has 38 valence electrons. The minimum atomic E-state index is -0.476. The average molecular weight is 128 g/mol. The Bertz CT molecular complexity index is 94.6. The van der Waals surface area contributed by atoms with Crippen molar-refractivity contribution >= 4 is 20.6 Å². The number of hydrogen-bond donors (Lipinski definition) is 0. The number of hydrogen-bond acceptors (Lipinski definition) is 1. The van der Waals surface area contributed by atoms with Crippen LogP contribution in [0.2, 0.25) is 6.55 Å². The molecule has 0 aromatic heterocycles. The normalized spacial score (nSPS) is 20.7. The third-order valence-corrected chi connectivity index (χ3v) is 3.71. The first-order chi connectivity index (χ1) is 3.39. The molecule has 1 heterocycles. The Morgan fingerprint density at radius 2 is 1.86 bits per heavy atom. The fourth-order valence-electron chi connectivity index (χ4n) is 0.448. The molecule has 1 aliphatic heterocycles. The summed E-state index contributed by atoms with van der Waals surface area (Å²) in [5.74, 6) is 0. The van der Waals surface area contributed by atoms with Crippen LogP contribution in [0, 0.1) is 0 Å². The second-order valence-electron chi connectivity index (χ2n) is 1.65. The molecule has 0 bridgehead atoms. The van der Waals surface area contributed by atoms with Crippen LogP contribution in [-0.2, 0) is 0 Å². The summed E-state index contributed by atoms with van der Waals surface area (Å²) < 4.78 is 0. The molecule has 0 nitrogen and oxygen atoms in total. The third kappa shape index (κ3) is 1.53. The van der Waals surface area contributed by atoms with E-state index in [0.717, 1.165) is 0 Å². The maximum Gasteiger partial charge on any atom is 0.0836 e. The topological polar surface area (TPSA) is 0 Å². The number of rotatable bonds is 0. The van der Waals surface area contributed by atoms with Crippen molar-refractivity contribution in [2.45, 2.75) is 6.55 Å². The first kappa shape index (κ1) is 5.19. The van der Waals surface area contributed by atoms with Crippen molar-refractivity contribution in [3.8, 4) is 0 Å². The molecule has 0 aromatic carbocycles. The van der Waals surface area contributed by atoms with E-state index in [0.29, 0.717) is 0 Å². The van der Waals surface area contributed by atoms with Gasteiger partial charge in [-0.3, -0.25) is 0 Å². The summed E-state index contributed by atoms with van der Waals surface area (Å²) in [5, 5.41) is 4.35. The highest BCUT2D eigenvalue weighted by Gasteiger charge is 1.93. The maximum atomic E-state index is 2.32. The molecule has 0 N–H and O–H groups in total. The smallest absolute Gasteiger partial charge is 0.0836 e. The molecule has 0 unspecified atom stereocenters. The molecular formula is C5H8SSi. The van der Waals surface area contributed by atoms with Crippen LogP contribution in [0.5, 0.6) is 0 Å². The van der Waals surface area contributed by atoms with Crippen LogP contribution < -0.4 is 0 Å². The average Bonchev–Trinajstić information content (AvgIpc) is 1.69. The van der Waals surface area contributed by atoms with Crippen molar-refractivity contribution < 1.29 is 0 Å². The van der Waals surface area contributed by atoms with Gasteiger partial charge in [-0.15, -0.1) is 11.8 Å². The Morgan fingerprint density at radius 3 is 2.14 bits per heavy atom. The van der Waals surface area contributed by atoms with Crippen LogP contribution in [-0.4, -0.2) is 8.80 Å². The maximum absolute atomic E-state index is 2.32. The largest absolute Gasteiger partial charge is 0.108 e. The van der Waals surface area contributed by atoms with Gasteiger partial charge in [0.2, 0.25) is 0 Å². The predicted octanol–water partition coefficient (Wildman–Crippen LogP) is 1.70. The SMILES string of the molecule is C[SiH]1C=CSC=C1. The molecule has 0 saturated heterocycles. The quantitative estimate of drug-likeness (QED) is 0.447. The lowest BCUT2D eigenvalue weighted by molar-refractivity contribution is 2.08. The Labute approximate surface area is 49.9 Å². The summed E-state index contributed by atoms with van der Waals surface area (Å²) in [5.41, 5.74) is 4.65. The van der Waals surface area contributed by atoms with Crippen LogP contribution in [0.15, 0.2) is 22.2 Å². The lowest BCUT2D eigenvalue weighted by Gasteiger charge is -1.97. The molecule has 1 rings (SSSR count). The van der Waals surface area contributed by atoms with Crippen molar-refractivity contribution in [3.05, 3.63) is 22.2 Å². The van der Waals surface area contributed by atoms with Gasteiger partial charge in [0.15, 0.2) is 0 Å². The van der Waals surface area contributed by atoms with Gasteiger partial charge < -0.3 is 0 Å². The fraction of sp³-hybridized carbons (Fsp3) is 0.200. The van der Waals surface area contributed by atoms with Gasteiger partial charge in [-0.1, -0.05) is 17.9 Å². The first-order valence-corrected chi connectivity index (χ1v) is 5.81. The van der Waals surface area contributed by atoms with Crippen LogP contribution in [0.3, 0.4) is 0 Å². The van der Waals surface area contributed by atoms with Gasteiger partial charge in [0, 0.05) is 0 Å². The monoisotopic (exact) mass is 128 g/mol. The van der Waals surface area contributed by atoms with Gasteiger partial charge in [-0.25, -0.2) is 0 Å². The van der Waals surface area contributed by atoms with Gasteiger partial charge in [0.1, 0.15) is 0 Å². The van der Waals surface area contributed by atoms with E-state index in [2.05, 4.69) is 28.8 Å². The summed E-state index contributed by atoms with van der Waals surface area (Å²) in [7, 11) is -0.476. The lowest BCUT2D eigenvalue weighted by Crippen LogP contribution is -1.97. The minimum absolute atomic E-state index is 0.476. The fourth-order valence-corrected chi connectivity index (χ4v) is 3.38. The highest BCUT2D eigenvalue weighted by Crippen LogP contribution is 2.10. The zero-order chi connectivity index (χ0) is 5.11.